The van der Waals surface area contributed by atoms with Crippen molar-refractivity contribution in [3.05, 3.63) is 48.8 Å². The van der Waals surface area contributed by atoms with Crippen LogP contribution in [0.5, 0.6) is 5.75 Å². The molecule has 132 valence electrons. The molecule has 1 aromatic carbocycles. The van der Waals surface area contributed by atoms with Gasteiger partial charge >= 0.3 is 0 Å². The molecule has 2 aromatic rings. The summed E-state index contributed by atoms with van der Waals surface area (Å²) in [4.78, 5) is 25.8. The maximum atomic E-state index is 12.1. The highest BCUT2D eigenvalue weighted by molar-refractivity contribution is 5.97. The molecule has 1 aromatic heterocycles. The van der Waals surface area contributed by atoms with Crippen molar-refractivity contribution >= 4 is 17.5 Å². The zero-order valence-electron chi connectivity index (χ0n) is 14.4. The quantitative estimate of drug-likeness (QED) is 0.787. The zero-order valence-corrected chi connectivity index (χ0v) is 14.4. The lowest BCUT2D eigenvalue weighted by Gasteiger charge is -2.29. The van der Waals surface area contributed by atoms with Gasteiger partial charge in [0, 0.05) is 37.9 Å². The number of nitrogens with zero attached hydrogens (tertiary/aromatic N) is 2. The van der Waals surface area contributed by atoms with Gasteiger partial charge in [-0.1, -0.05) is 12.1 Å². The Morgan fingerprint density at radius 3 is 2.80 bits per heavy atom. The standard InChI is InChI=1S/C19H23N3O3/c1-15(21-10-4-5-11-21)13-18(23)20-9-6-12-22-16-7-2-3-8-17(16)25-14-19(22)24/h2-5,7-8,10-11,15H,6,9,12-14H2,1H3,(H,20,23)/t15-/m1/s1. The number of anilines is 1. The maximum absolute atomic E-state index is 12.1. The van der Waals surface area contributed by atoms with Gasteiger partial charge in [0.2, 0.25) is 5.91 Å². The fourth-order valence-corrected chi connectivity index (χ4v) is 2.95. The Kier molecular flexibility index (Phi) is 5.38. The zero-order chi connectivity index (χ0) is 17.6. The van der Waals surface area contributed by atoms with Gasteiger partial charge in [0.15, 0.2) is 6.61 Å². The molecule has 6 nitrogen and oxygen atoms in total. The molecule has 1 aliphatic rings. The Morgan fingerprint density at radius 2 is 2.00 bits per heavy atom. The third-order valence-corrected chi connectivity index (χ3v) is 4.31. The Morgan fingerprint density at radius 1 is 1.24 bits per heavy atom. The van der Waals surface area contributed by atoms with E-state index in [4.69, 9.17) is 4.74 Å². The number of carbonyl (C=O) groups is 2. The summed E-state index contributed by atoms with van der Waals surface area (Å²) in [5, 5.41) is 2.93. The minimum Gasteiger partial charge on any atom is -0.482 e. The number of rotatable bonds is 7. The second-order valence-electron chi connectivity index (χ2n) is 6.19. The molecule has 0 bridgehead atoms. The van der Waals surface area contributed by atoms with Gasteiger partial charge in [-0.2, -0.15) is 0 Å². The number of carbonyl (C=O) groups excluding carboxylic acids is 2. The van der Waals surface area contributed by atoms with Gasteiger partial charge in [-0.15, -0.1) is 0 Å². The molecule has 3 rings (SSSR count). The molecule has 6 heteroatoms. The van der Waals surface area contributed by atoms with Crippen molar-refractivity contribution < 1.29 is 14.3 Å². The third-order valence-electron chi connectivity index (χ3n) is 4.31. The summed E-state index contributed by atoms with van der Waals surface area (Å²) in [6.45, 7) is 3.19. The van der Waals surface area contributed by atoms with Crippen LogP contribution >= 0.6 is 0 Å². The molecule has 2 amide bonds. The van der Waals surface area contributed by atoms with Crippen LogP contribution < -0.4 is 15.0 Å². The second-order valence-corrected chi connectivity index (χ2v) is 6.19. The number of hydrogen-bond donors (Lipinski definition) is 1. The molecule has 0 saturated heterocycles. The third kappa shape index (κ3) is 4.21. The van der Waals surface area contributed by atoms with Crippen molar-refractivity contribution in [1.29, 1.82) is 0 Å². The number of hydrogen-bond acceptors (Lipinski definition) is 3. The van der Waals surface area contributed by atoms with Crippen LogP contribution in [0.4, 0.5) is 5.69 Å². The van der Waals surface area contributed by atoms with Crippen LogP contribution in [0.25, 0.3) is 0 Å². The van der Waals surface area contributed by atoms with Gasteiger partial charge in [0.25, 0.3) is 5.91 Å². The van der Waals surface area contributed by atoms with E-state index in [0.717, 1.165) is 11.4 Å². The van der Waals surface area contributed by atoms with E-state index in [1.165, 1.54) is 0 Å². The molecular formula is C19H23N3O3. The van der Waals surface area contributed by atoms with Crippen molar-refractivity contribution in [2.45, 2.75) is 25.8 Å². The van der Waals surface area contributed by atoms with E-state index in [2.05, 4.69) is 5.32 Å². The molecular weight excluding hydrogens is 318 g/mol. The Hall–Kier alpha value is -2.76. The highest BCUT2D eigenvalue weighted by Crippen LogP contribution is 2.31. The monoisotopic (exact) mass is 341 g/mol. The van der Waals surface area contributed by atoms with Gasteiger partial charge in [-0.05, 0) is 37.6 Å². The molecule has 0 aliphatic carbocycles. The largest absolute Gasteiger partial charge is 0.482 e. The summed E-state index contributed by atoms with van der Waals surface area (Å²) in [6, 6.07) is 11.5. The molecule has 1 N–H and O–H groups in total. The van der Waals surface area contributed by atoms with Crippen molar-refractivity contribution in [2.75, 3.05) is 24.6 Å². The highest BCUT2D eigenvalue weighted by Gasteiger charge is 2.24. The first kappa shape index (κ1) is 17.1. The Balaban J connectivity index is 1.44. The van der Waals surface area contributed by atoms with Crippen molar-refractivity contribution in [3.63, 3.8) is 0 Å². The first-order valence-corrected chi connectivity index (χ1v) is 8.56. The van der Waals surface area contributed by atoms with E-state index in [1.807, 2.05) is 60.3 Å². The van der Waals surface area contributed by atoms with Crippen molar-refractivity contribution in [1.82, 2.24) is 9.88 Å². The number of para-hydroxylation sites is 2. The van der Waals surface area contributed by atoms with Gasteiger partial charge in [0.1, 0.15) is 5.75 Å². The molecule has 0 radical (unpaired) electrons. The van der Waals surface area contributed by atoms with Crippen LogP contribution in [-0.4, -0.2) is 36.1 Å². The number of aromatic nitrogens is 1. The normalized spacial score (nSPS) is 14.6. The van der Waals surface area contributed by atoms with Crippen molar-refractivity contribution in [3.8, 4) is 5.75 Å². The molecule has 0 spiro atoms. The average molecular weight is 341 g/mol. The Labute approximate surface area is 147 Å². The van der Waals surface area contributed by atoms with Gasteiger partial charge in [0.05, 0.1) is 5.69 Å². The molecule has 25 heavy (non-hydrogen) atoms. The lowest BCUT2D eigenvalue weighted by molar-refractivity contribution is -0.121. The minimum atomic E-state index is -0.0498. The first-order valence-electron chi connectivity index (χ1n) is 8.56. The predicted octanol–water partition coefficient (Wildman–Crippen LogP) is 2.37. The van der Waals surface area contributed by atoms with Gasteiger partial charge < -0.3 is 19.5 Å². The number of ether oxygens (including phenoxy) is 1. The number of amides is 2. The van der Waals surface area contributed by atoms with E-state index < -0.39 is 0 Å². The molecule has 0 saturated carbocycles. The van der Waals surface area contributed by atoms with E-state index >= 15 is 0 Å². The van der Waals surface area contributed by atoms with E-state index in [-0.39, 0.29) is 24.5 Å². The molecule has 0 unspecified atom stereocenters. The van der Waals surface area contributed by atoms with Crippen LogP contribution in [-0.2, 0) is 9.59 Å². The molecule has 0 fully saturated rings. The lowest BCUT2D eigenvalue weighted by atomic mass is 10.2. The SMILES string of the molecule is C[C@H](CC(=O)NCCCN1C(=O)COc2ccccc21)n1cccc1. The number of benzene rings is 1. The average Bonchev–Trinajstić information content (AvgIpc) is 3.15. The summed E-state index contributed by atoms with van der Waals surface area (Å²) in [5.74, 6) is 0.702. The summed E-state index contributed by atoms with van der Waals surface area (Å²) in [6.07, 6.45) is 5.05. The Bertz CT molecular complexity index is 727. The number of fused-ring (bicyclic) bond motifs is 1. The lowest BCUT2D eigenvalue weighted by Crippen LogP contribution is -2.40. The highest BCUT2D eigenvalue weighted by atomic mass is 16.5. The van der Waals surface area contributed by atoms with Gasteiger partial charge in [-0.25, -0.2) is 0 Å². The summed E-state index contributed by atoms with van der Waals surface area (Å²) >= 11 is 0. The number of nitrogens with one attached hydrogen (secondary N) is 1. The van der Waals surface area contributed by atoms with Crippen LogP contribution in [0.3, 0.4) is 0 Å². The smallest absolute Gasteiger partial charge is 0.265 e. The van der Waals surface area contributed by atoms with E-state index in [1.54, 1.807) is 4.90 Å². The predicted molar refractivity (Wildman–Crippen MR) is 95.7 cm³/mol. The molecule has 1 atom stereocenters. The minimum absolute atomic E-state index is 0.0231. The fraction of sp³-hybridized carbons (Fsp3) is 0.368. The summed E-state index contributed by atoms with van der Waals surface area (Å²) in [7, 11) is 0. The van der Waals surface area contributed by atoms with E-state index in [9.17, 15) is 9.59 Å². The molecule has 1 aliphatic heterocycles. The first-order chi connectivity index (χ1) is 12.1. The van der Waals surface area contributed by atoms with Crippen LogP contribution in [0.2, 0.25) is 0 Å². The topological polar surface area (TPSA) is 63.6 Å². The summed E-state index contributed by atoms with van der Waals surface area (Å²) in [5.41, 5.74) is 0.798. The van der Waals surface area contributed by atoms with Gasteiger partial charge in [-0.3, -0.25) is 9.59 Å². The van der Waals surface area contributed by atoms with Crippen molar-refractivity contribution in [2.24, 2.45) is 0 Å². The van der Waals surface area contributed by atoms with Crippen LogP contribution in [0, 0.1) is 0 Å². The maximum Gasteiger partial charge on any atom is 0.265 e. The second kappa shape index (κ2) is 7.88. The molecule has 2 heterocycles. The summed E-state index contributed by atoms with van der Waals surface area (Å²) < 4.78 is 7.44. The van der Waals surface area contributed by atoms with E-state index in [0.29, 0.717) is 25.9 Å². The van der Waals surface area contributed by atoms with Crippen LogP contribution in [0.15, 0.2) is 48.8 Å². The van der Waals surface area contributed by atoms with Crippen LogP contribution in [0.1, 0.15) is 25.8 Å². The fourth-order valence-electron chi connectivity index (χ4n) is 2.95.